The summed E-state index contributed by atoms with van der Waals surface area (Å²) in [6.07, 6.45) is 0. The first-order valence-electron chi connectivity index (χ1n) is 7.00. The van der Waals surface area contributed by atoms with Crippen molar-refractivity contribution in [3.63, 3.8) is 0 Å². The quantitative estimate of drug-likeness (QED) is 0.835. The van der Waals surface area contributed by atoms with Gasteiger partial charge in [-0.05, 0) is 17.7 Å². The molecule has 0 aliphatic carbocycles. The van der Waals surface area contributed by atoms with Crippen molar-refractivity contribution >= 4 is 5.91 Å². The highest BCUT2D eigenvalue weighted by molar-refractivity contribution is 5.78. The standard InChI is InChI=1S/C15H22N2O4/c1-19-13-4-3-12(9-14(13)20-2)10-16-15(18)11-17-5-7-21-8-6-17/h3-4,9H,5-8,10-11H2,1-2H3,(H,16,18). The summed E-state index contributed by atoms with van der Waals surface area (Å²) in [5, 5.41) is 2.92. The molecule has 1 amide bonds. The SMILES string of the molecule is COc1ccc(CNC(=O)CN2CCOCC2)cc1OC. The van der Waals surface area contributed by atoms with Crippen LogP contribution in [-0.2, 0) is 16.1 Å². The lowest BCUT2D eigenvalue weighted by Crippen LogP contribution is -2.43. The maximum atomic E-state index is 11.9. The van der Waals surface area contributed by atoms with E-state index >= 15 is 0 Å². The predicted molar refractivity (Wildman–Crippen MR) is 78.7 cm³/mol. The molecule has 1 aromatic rings. The predicted octanol–water partition coefficient (Wildman–Crippen LogP) is 0.652. The number of rotatable bonds is 6. The number of carbonyl (C=O) groups is 1. The monoisotopic (exact) mass is 294 g/mol. The van der Waals surface area contributed by atoms with Crippen LogP contribution in [0.15, 0.2) is 18.2 Å². The third-order valence-corrected chi connectivity index (χ3v) is 3.41. The van der Waals surface area contributed by atoms with Crippen molar-refractivity contribution in [2.75, 3.05) is 47.1 Å². The van der Waals surface area contributed by atoms with Gasteiger partial charge in [0.1, 0.15) is 0 Å². The van der Waals surface area contributed by atoms with E-state index < -0.39 is 0 Å². The van der Waals surface area contributed by atoms with Gasteiger partial charge in [0.05, 0.1) is 34.0 Å². The number of ether oxygens (including phenoxy) is 3. The molecular weight excluding hydrogens is 272 g/mol. The second kappa shape index (κ2) is 7.85. The van der Waals surface area contributed by atoms with Crippen LogP contribution in [0.25, 0.3) is 0 Å². The molecule has 0 spiro atoms. The number of benzene rings is 1. The summed E-state index contributed by atoms with van der Waals surface area (Å²) in [5.74, 6) is 1.37. The summed E-state index contributed by atoms with van der Waals surface area (Å²) in [7, 11) is 3.19. The average molecular weight is 294 g/mol. The van der Waals surface area contributed by atoms with Gasteiger partial charge >= 0.3 is 0 Å². The Labute approximate surface area is 125 Å². The van der Waals surface area contributed by atoms with Crippen molar-refractivity contribution < 1.29 is 19.0 Å². The summed E-state index contributed by atoms with van der Waals surface area (Å²) in [5.41, 5.74) is 0.975. The van der Waals surface area contributed by atoms with E-state index in [2.05, 4.69) is 10.2 Å². The van der Waals surface area contributed by atoms with Gasteiger partial charge in [0.2, 0.25) is 5.91 Å². The molecule has 0 saturated carbocycles. The Morgan fingerprint density at radius 1 is 1.24 bits per heavy atom. The van der Waals surface area contributed by atoms with Crippen LogP contribution in [0.4, 0.5) is 0 Å². The molecular formula is C15H22N2O4. The summed E-state index contributed by atoms with van der Waals surface area (Å²) in [4.78, 5) is 14.0. The first kappa shape index (κ1) is 15.6. The van der Waals surface area contributed by atoms with E-state index in [1.807, 2.05) is 18.2 Å². The van der Waals surface area contributed by atoms with E-state index in [0.29, 0.717) is 37.8 Å². The zero-order valence-corrected chi connectivity index (χ0v) is 12.6. The first-order valence-corrected chi connectivity index (χ1v) is 7.00. The van der Waals surface area contributed by atoms with Crippen molar-refractivity contribution in [1.82, 2.24) is 10.2 Å². The third kappa shape index (κ3) is 4.61. The van der Waals surface area contributed by atoms with E-state index in [1.165, 1.54) is 0 Å². The van der Waals surface area contributed by atoms with Gasteiger partial charge in [-0.1, -0.05) is 6.07 Å². The minimum absolute atomic E-state index is 0.0201. The van der Waals surface area contributed by atoms with Crippen LogP contribution in [0.5, 0.6) is 11.5 Å². The summed E-state index contributed by atoms with van der Waals surface area (Å²) in [6.45, 7) is 3.90. The number of hydrogen-bond acceptors (Lipinski definition) is 5. The third-order valence-electron chi connectivity index (χ3n) is 3.41. The fourth-order valence-corrected chi connectivity index (χ4v) is 2.21. The maximum absolute atomic E-state index is 11.9. The molecule has 2 rings (SSSR count). The minimum atomic E-state index is 0.0201. The Morgan fingerprint density at radius 3 is 2.62 bits per heavy atom. The lowest BCUT2D eigenvalue weighted by atomic mass is 10.2. The molecule has 0 unspecified atom stereocenters. The van der Waals surface area contributed by atoms with Gasteiger partial charge in [0.15, 0.2) is 11.5 Å². The molecule has 0 bridgehead atoms. The minimum Gasteiger partial charge on any atom is -0.493 e. The van der Waals surface area contributed by atoms with Gasteiger partial charge in [0.25, 0.3) is 0 Å². The number of nitrogens with one attached hydrogen (secondary N) is 1. The molecule has 1 aromatic carbocycles. The van der Waals surface area contributed by atoms with Gasteiger partial charge in [-0.25, -0.2) is 0 Å². The van der Waals surface area contributed by atoms with E-state index in [9.17, 15) is 4.79 Å². The largest absolute Gasteiger partial charge is 0.493 e. The molecule has 1 heterocycles. The van der Waals surface area contributed by atoms with Crippen LogP contribution in [0.2, 0.25) is 0 Å². The highest BCUT2D eigenvalue weighted by Gasteiger charge is 2.14. The molecule has 1 N–H and O–H groups in total. The van der Waals surface area contributed by atoms with Crippen LogP contribution in [-0.4, -0.2) is 57.9 Å². The Balaban J connectivity index is 1.83. The normalized spacial score (nSPS) is 15.5. The van der Waals surface area contributed by atoms with Crippen LogP contribution in [0.3, 0.4) is 0 Å². The lowest BCUT2D eigenvalue weighted by Gasteiger charge is -2.25. The number of nitrogens with zero attached hydrogens (tertiary/aromatic N) is 1. The molecule has 0 aromatic heterocycles. The van der Waals surface area contributed by atoms with E-state index in [-0.39, 0.29) is 5.91 Å². The Morgan fingerprint density at radius 2 is 1.95 bits per heavy atom. The summed E-state index contributed by atoms with van der Waals surface area (Å²) < 4.78 is 15.7. The Hall–Kier alpha value is -1.79. The Kier molecular flexibility index (Phi) is 5.83. The van der Waals surface area contributed by atoms with Crippen LogP contribution in [0.1, 0.15) is 5.56 Å². The maximum Gasteiger partial charge on any atom is 0.234 e. The average Bonchev–Trinajstić information content (AvgIpc) is 2.53. The van der Waals surface area contributed by atoms with E-state index in [4.69, 9.17) is 14.2 Å². The van der Waals surface area contributed by atoms with Crippen molar-refractivity contribution in [3.05, 3.63) is 23.8 Å². The number of amides is 1. The molecule has 0 atom stereocenters. The van der Waals surface area contributed by atoms with Crippen molar-refractivity contribution in [2.45, 2.75) is 6.54 Å². The number of methoxy groups -OCH3 is 2. The second-order valence-electron chi connectivity index (χ2n) is 4.85. The molecule has 0 radical (unpaired) electrons. The van der Waals surface area contributed by atoms with Gasteiger partial charge in [0, 0.05) is 19.6 Å². The molecule has 1 aliphatic rings. The number of hydrogen-bond donors (Lipinski definition) is 1. The number of morpholine rings is 1. The molecule has 1 fully saturated rings. The van der Waals surface area contributed by atoms with Crippen molar-refractivity contribution in [1.29, 1.82) is 0 Å². The summed E-state index contributed by atoms with van der Waals surface area (Å²) in [6, 6.07) is 5.62. The highest BCUT2D eigenvalue weighted by Crippen LogP contribution is 2.27. The summed E-state index contributed by atoms with van der Waals surface area (Å²) >= 11 is 0. The lowest BCUT2D eigenvalue weighted by molar-refractivity contribution is -0.123. The van der Waals surface area contributed by atoms with Gasteiger partial charge in [-0.15, -0.1) is 0 Å². The Bertz CT molecular complexity index is 473. The van der Waals surface area contributed by atoms with Crippen LogP contribution in [0, 0.1) is 0 Å². The first-order chi connectivity index (χ1) is 10.2. The molecule has 116 valence electrons. The van der Waals surface area contributed by atoms with Gasteiger partial charge in [-0.2, -0.15) is 0 Å². The number of carbonyl (C=O) groups excluding carboxylic acids is 1. The smallest absolute Gasteiger partial charge is 0.234 e. The molecule has 21 heavy (non-hydrogen) atoms. The molecule has 6 heteroatoms. The van der Waals surface area contributed by atoms with Crippen LogP contribution < -0.4 is 14.8 Å². The van der Waals surface area contributed by atoms with Crippen molar-refractivity contribution in [2.24, 2.45) is 0 Å². The van der Waals surface area contributed by atoms with E-state index in [0.717, 1.165) is 18.7 Å². The molecule has 1 saturated heterocycles. The zero-order valence-electron chi connectivity index (χ0n) is 12.6. The van der Waals surface area contributed by atoms with E-state index in [1.54, 1.807) is 14.2 Å². The fraction of sp³-hybridized carbons (Fsp3) is 0.533. The highest BCUT2D eigenvalue weighted by atomic mass is 16.5. The zero-order chi connectivity index (χ0) is 15.1. The second-order valence-corrected chi connectivity index (χ2v) is 4.85. The molecule has 6 nitrogen and oxygen atoms in total. The van der Waals surface area contributed by atoms with Crippen LogP contribution >= 0.6 is 0 Å². The fourth-order valence-electron chi connectivity index (χ4n) is 2.21. The van der Waals surface area contributed by atoms with Gasteiger partial charge < -0.3 is 19.5 Å². The van der Waals surface area contributed by atoms with Gasteiger partial charge in [-0.3, -0.25) is 9.69 Å². The van der Waals surface area contributed by atoms with Crippen molar-refractivity contribution in [3.8, 4) is 11.5 Å². The topological polar surface area (TPSA) is 60.0 Å². The molecule has 1 aliphatic heterocycles.